The molecule has 1 saturated heterocycles. The van der Waals surface area contributed by atoms with Crippen molar-refractivity contribution in [3.63, 3.8) is 0 Å². The van der Waals surface area contributed by atoms with Gasteiger partial charge >= 0.3 is 5.97 Å². The predicted octanol–water partition coefficient (Wildman–Crippen LogP) is 5.29. The first-order chi connectivity index (χ1) is 15.3. The molecule has 0 spiro atoms. The lowest BCUT2D eigenvalue weighted by Crippen LogP contribution is -2.62. The molecule has 5 rings (SSSR count). The molecule has 32 heavy (non-hydrogen) atoms. The normalized spacial score (nSPS) is 40.1. The van der Waals surface area contributed by atoms with Gasteiger partial charge in [0, 0.05) is 24.1 Å². The van der Waals surface area contributed by atoms with Gasteiger partial charge < -0.3 is 14.6 Å². The van der Waals surface area contributed by atoms with Gasteiger partial charge in [0.25, 0.3) is 0 Å². The zero-order chi connectivity index (χ0) is 22.5. The Morgan fingerprint density at radius 3 is 2.75 bits per heavy atom. The van der Waals surface area contributed by atoms with Crippen molar-refractivity contribution in [2.24, 2.45) is 28.6 Å². The van der Waals surface area contributed by atoms with Gasteiger partial charge in [0.15, 0.2) is 6.29 Å². The average molecular weight is 443 g/mol. The van der Waals surface area contributed by atoms with Crippen molar-refractivity contribution in [3.05, 3.63) is 30.1 Å². The third-order valence-corrected chi connectivity index (χ3v) is 9.48. The molecular weight excluding hydrogens is 404 g/mol. The van der Waals surface area contributed by atoms with Gasteiger partial charge in [-0.05, 0) is 62.2 Å². The zero-order valence-electron chi connectivity index (χ0n) is 19.6. The molecule has 4 fully saturated rings. The molecule has 1 aromatic rings. The molecule has 6 atom stereocenters. The molecule has 3 saturated carbocycles. The quantitative estimate of drug-likeness (QED) is 0.627. The summed E-state index contributed by atoms with van der Waals surface area (Å²) >= 11 is 0. The highest BCUT2D eigenvalue weighted by molar-refractivity contribution is 5.86. The summed E-state index contributed by atoms with van der Waals surface area (Å²) in [5.41, 5.74) is 1.80. The summed E-state index contributed by atoms with van der Waals surface area (Å²) in [7, 11) is 0. The monoisotopic (exact) mass is 442 g/mol. The molecule has 0 bridgehead atoms. The van der Waals surface area contributed by atoms with Gasteiger partial charge in [0.2, 0.25) is 0 Å². The maximum atomic E-state index is 11.2. The Morgan fingerprint density at radius 2 is 2.03 bits per heavy atom. The van der Waals surface area contributed by atoms with Crippen LogP contribution in [0.5, 0.6) is 0 Å². The number of allylic oxidation sites excluding steroid dienone is 1. The minimum atomic E-state index is -0.926. The number of ether oxygens (including phenoxy) is 2. The molecule has 1 aromatic heterocycles. The number of hydrogen-bond acceptors (Lipinski definition) is 4. The fourth-order valence-corrected chi connectivity index (χ4v) is 7.72. The van der Waals surface area contributed by atoms with Crippen LogP contribution in [0, 0.1) is 28.6 Å². The van der Waals surface area contributed by atoms with Crippen molar-refractivity contribution in [3.8, 4) is 0 Å². The van der Waals surface area contributed by atoms with Crippen LogP contribution < -0.4 is 0 Å². The van der Waals surface area contributed by atoms with Crippen molar-refractivity contribution >= 4 is 5.97 Å². The molecule has 0 radical (unpaired) electrons. The zero-order valence-corrected chi connectivity index (χ0v) is 19.6. The number of hydrogen-bond donors (Lipinski definition) is 1. The van der Waals surface area contributed by atoms with E-state index in [1.807, 2.05) is 0 Å². The van der Waals surface area contributed by atoms with Gasteiger partial charge in [-0.2, -0.15) is 5.10 Å². The minimum Gasteiger partial charge on any atom is -0.478 e. The van der Waals surface area contributed by atoms with E-state index >= 15 is 0 Å². The third-order valence-electron chi connectivity index (χ3n) is 9.48. The largest absolute Gasteiger partial charge is 0.478 e. The van der Waals surface area contributed by atoms with Crippen LogP contribution in [0.2, 0.25) is 0 Å². The third kappa shape index (κ3) is 3.63. The molecule has 2 heterocycles. The van der Waals surface area contributed by atoms with Gasteiger partial charge in [0.1, 0.15) is 0 Å². The lowest BCUT2D eigenvalue weighted by Gasteiger charge is -2.63. The Labute approximate surface area is 191 Å². The van der Waals surface area contributed by atoms with E-state index in [0.717, 1.165) is 45.3 Å². The number of carboxylic acid groups (broad SMARTS) is 1. The van der Waals surface area contributed by atoms with Crippen molar-refractivity contribution < 1.29 is 19.4 Å². The lowest BCUT2D eigenvalue weighted by molar-refractivity contribution is -0.316. The van der Waals surface area contributed by atoms with E-state index in [2.05, 4.69) is 25.5 Å². The van der Waals surface area contributed by atoms with E-state index in [4.69, 9.17) is 9.47 Å². The van der Waals surface area contributed by atoms with Crippen LogP contribution in [0.4, 0.5) is 0 Å². The molecule has 1 N–H and O–H groups in total. The van der Waals surface area contributed by atoms with Crippen molar-refractivity contribution in [2.75, 3.05) is 6.61 Å². The first-order valence-corrected chi connectivity index (χ1v) is 12.5. The maximum absolute atomic E-state index is 11.2. The molecule has 1 unspecified atom stereocenters. The number of fused-ring (bicyclic) bond motifs is 3. The Balaban J connectivity index is 1.31. The Bertz CT molecular complexity index is 875. The molecule has 176 valence electrons. The number of aryl methyl sites for hydroxylation is 1. The van der Waals surface area contributed by atoms with Crippen molar-refractivity contribution in [1.29, 1.82) is 0 Å². The van der Waals surface area contributed by atoms with Crippen LogP contribution in [-0.4, -0.2) is 39.9 Å². The first kappa shape index (κ1) is 22.1. The summed E-state index contributed by atoms with van der Waals surface area (Å²) in [6.45, 7) is 10.9. The molecule has 0 amide bonds. The van der Waals surface area contributed by atoms with Crippen LogP contribution >= 0.6 is 0 Å². The van der Waals surface area contributed by atoms with Crippen molar-refractivity contribution in [2.45, 2.75) is 90.6 Å². The number of rotatable bonds is 5. The van der Waals surface area contributed by atoms with Gasteiger partial charge in [0.05, 0.1) is 24.5 Å². The molecule has 1 aliphatic heterocycles. The maximum Gasteiger partial charge on any atom is 0.338 e. The van der Waals surface area contributed by atoms with E-state index in [9.17, 15) is 9.90 Å². The average Bonchev–Trinajstić information content (AvgIpc) is 3.45. The number of aromatic carboxylic acids is 1. The second-order valence-electron chi connectivity index (χ2n) is 11.3. The van der Waals surface area contributed by atoms with E-state index < -0.39 is 5.97 Å². The fourth-order valence-electron chi connectivity index (χ4n) is 7.72. The first-order valence-electron chi connectivity index (χ1n) is 12.5. The summed E-state index contributed by atoms with van der Waals surface area (Å²) in [4.78, 5) is 11.2. The molecular formula is C26H38N2O4. The standard InChI is InChI=1S/C26H38N2O4/c1-17-8-9-21-25(2,20(17)11-13-28-15-19(14-27-28)23(29)30)12-10-22-26(21,3)16-31-24(32-22)18-6-4-5-7-18/h14-15,18,20-22,24H,1,4-13,16H2,2-3H3,(H,29,30)/t20-,21?,22-,24-,25+,26+/m1/s1. The topological polar surface area (TPSA) is 73.6 Å². The molecule has 6 heteroatoms. The summed E-state index contributed by atoms with van der Waals surface area (Å²) in [6.07, 6.45) is 13.9. The predicted molar refractivity (Wildman–Crippen MR) is 121 cm³/mol. The minimum absolute atomic E-state index is 0.00229. The SMILES string of the molecule is C=C1CCC2[C@]3(C)CO[C@@H](C4CCCC4)O[C@@H]3CC[C@@]2(C)[C@@H]1CCn1cc(C(=O)O)cn1. The molecule has 4 aliphatic rings. The lowest BCUT2D eigenvalue weighted by atomic mass is 9.46. The van der Waals surface area contributed by atoms with Crippen molar-refractivity contribution in [1.82, 2.24) is 9.78 Å². The number of nitrogens with zero attached hydrogens (tertiary/aromatic N) is 2. The van der Waals surface area contributed by atoms with Crippen LogP contribution in [-0.2, 0) is 16.0 Å². The van der Waals surface area contributed by atoms with E-state index in [1.165, 1.54) is 37.5 Å². The number of aromatic nitrogens is 2. The summed E-state index contributed by atoms with van der Waals surface area (Å²) < 4.78 is 14.9. The second kappa shape index (κ2) is 8.28. The van der Waals surface area contributed by atoms with Crippen LogP contribution in [0.25, 0.3) is 0 Å². The summed E-state index contributed by atoms with van der Waals surface area (Å²) in [5, 5.41) is 13.5. The summed E-state index contributed by atoms with van der Waals surface area (Å²) in [5.74, 6) is 0.603. The Hall–Kier alpha value is -1.66. The van der Waals surface area contributed by atoms with Crippen LogP contribution in [0.15, 0.2) is 24.5 Å². The Morgan fingerprint density at radius 1 is 1.25 bits per heavy atom. The van der Waals surface area contributed by atoms with Gasteiger partial charge in [-0.3, -0.25) is 4.68 Å². The highest BCUT2D eigenvalue weighted by Crippen LogP contribution is 2.63. The van der Waals surface area contributed by atoms with Gasteiger partial charge in [-0.15, -0.1) is 0 Å². The second-order valence-corrected chi connectivity index (χ2v) is 11.3. The van der Waals surface area contributed by atoms with Crippen LogP contribution in [0.1, 0.15) is 82.0 Å². The van der Waals surface area contributed by atoms with Crippen LogP contribution in [0.3, 0.4) is 0 Å². The molecule has 6 nitrogen and oxygen atoms in total. The highest BCUT2D eigenvalue weighted by atomic mass is 16.7. The van der Waals surface area contributed by atoms with Gasteiger partial charge in [-0.1, -0.05) is 38.8 Å². The van der Waals surface area contributed by atoms with Gasteiger partial charge in [-0.25, -0.2) is 4.79 Å². The molecule has 0 aromatic carbocycles. The highest BCUT2D eigenvalue weighted by Gasteiger charge is 2.60. The fraction of sp³-hybridized carbons (Fsp3) is 0.769. The number of carboxylic acids is 1. The summed E-state index contributed by atoms with van der Waals surface area (Å²) in [6, 6.07) is 0. The van der Waals surface area contributed by atoms with E-state index in [1.54, 1.807) is 10.9 Å². The smallest absolute Gasteiger partial charge is 0.338 e. The molecule has 3 aliphatic carbocycles. The van der Waals surface area contributed by atoms with E-state index in [0.29, 0.717) is 17.8 Å². The number of carbonyl (C=O) groups is 1. The Kier molecular flexibility index (Phi) is 5.73. The van der Waals surface area contributed by atoms with E-state index in [-0.39, 0.29) is 28.8 Å².